The lowest BCUT2D eigenvalue weighted by molar-refractivity contribution is 0.391. The summed E-state index contributed by atoms with van der Waals surface area (Å²) in [4.78, 5) is 0.225. The van der Waals surface area contributed by atoms with E-state index < -0.39 is 10.0 Å². The van der Waals surface area contributed by atoms with Gasteiger partial charge in [-0.2, -0.15) is 0 Å². The van der Waals surface area contributed by atoms with E-state index in [1.807, 2.05) is 19.1 Å². The number of aryl methyl sites for hydroxylation is 2. The van der Waals surface area contributed by atoms with Crippen molar-refractivity contribution in [2.24, 2.45) is 0 Å². The van der Waals surface area contributed by atoms with Crippen molar-refractivity contribution in [3.63, 3.8) is 0 Å². The first-order chi connectivity index (χ1) is 10.1. The number of hydrogen-bond acceptors (Lipinski definition) is 4. The van der Waals surface area contributed by atoms with E-state index in [9.17, 15) is 8.42 Å². The van der Waals surface area contributed by atoms with Gasteiger partial charge in [0.05, 0.1) is 4.90 Å². The Bertz CT molecular complexity index is 754. The first kappa shape index (κ1) is 16.5. The Kier molecular flexibility index (Phi) is 4.33. The molecule has 120 valence electrons. The van der Waals surface area contributed by atoms with Crippen LogP contribution < -0.4 is 4.72 Å². The molecular weight excluding hydrogens is 300 g/mol. The Morgan fingerprint density at radius 3 is 2.27 bits per heavy atom. The molecule has 0 spiro atoms. The monoisotopic (exact) mass is 322 g/mol. The van der Waals surface area contributed by atoms with Gasteiger partial charge in [0.25, 0.3) is 10.0 Å². The van der Waals surface area contributed by atoms with Crippen LogP contribution >= 0.6 is 0 Å². The minimum Gasteiger partial charge on any atom is -0.359 e. The number of nitrogens with one attached hydrogen (secondary N) is 1. The average molecular weight is 322 g/mol. The van der Waals surface area contributed by atoms with Gasteiger partial charge in [-0.1, -0.05) is 45.0 Å². The smallest absolute Gasteiger partial charge is 0.262 e. The molecule has 1 aromatic carbocycles. The average Bonchev–Trinajstić information content (AvgIpc) is 2.78. The Balaban J connectivity index is 2.33. The lowest BCUT2D eigenvalue weighted by Crippen LogP contribution is -2.15. The molecule has 0 aliphatic rings. The van der Waals surface area contributed by atoms with E-state index >= 15 is 0 Å². The predicted octanol–water partition coefficient (Wildman–Crippen LogP) is 3.64. The molecule has 2 aromatic rings. The second-order valence-corrected chi connectivity index (χ2v) is 7.98. The summed E-state index contributed by atoms with van der Waals surface area (Å²) in [6.07, 6.45) is 0.595. The van der Waals surface area contributed by atoms with E-state index in [0.29, 0.717) is 23.6 Å². The van der Waals surface area contributed by atoms with Crippen molar-refractivity contribution in [1.82, 2.24) is 5.16 Å². The summed E-state index contributed by atoms with van der Waals surface area (Å²) in [5.74, 6) is 0.465. The molecule has 0 radical (unpaired) electrons. The quantitative estimate of drug-likeness (QED) is 0.932. The zero-order valence-electron chi connectivity index (χ0n) is 13.6. The van der Waals surface area contributed by atoms with Crippen LogP contribution in [0.15, 0.2) is 33.7 Å². The third kappa shape index (κ3) is 3.32. The van der Waals surface area contributed by atoms with Crippen LogP contribution in [0.1, 0.15) is 44.7 Å². The van der Waals surface area contributed by atoms with E-state index in [2.05, 4.69) is 30.6 Å². The molecule has 0 fully saturated rings. The van der Waals surface area contributed by atoms with Gasteiger partial charge in [0, 0.05) is 0 Å². The number of hydrogen-bond donors (Lipinski definition) is 1. The largest absolute Gasteiger partial charge is 0.359 e. The molecule has 1 N–H and O–H groups in total. The third-order valence-electron chi connectivity index (χ3n) is 3.54. The fraction of sp³-hybridized carbons (Fsp3) is 0.438. The van der Waals surface area contributed by atoms with Crippen LogP contribution in [0.25, 0.3) is 0 Å². The van der Waals surface area contributed by atoms with Crippen LogP contribution in [0.3, 0.4) is 0 Å². The van der Waals surface area contributed by atoms with Gasteiger partial charge in [0.15, 0.2) is 5.76 Å². The van der Waals surface area contributed by atoms with Crippen molar-refractivity contribution in [2.75, 3.05) is 4.72 Å². The van der Waals surface area contributed by atoms with Gasteiger partial charge in [-0.25, -0.2) is 8.42 Å². The SMILES string of the molecule is CCc1noc(C)c1NS(=O)(=O)c1ccc(C(C)(C)C)cc1. The zero-order chi connectivity index (χ0) is 16.5. The molecule has 1 aromatic heterocycles. The maximum absolute atomic E-state index is 12.5. The second kappa shape index (κ2) is 5.76. The Labute approximate surface area is 131 Å². The van der Waals surface area contributed by atoms with Crippen molar-refractivity contribution in [3.05, 3.63) is 41.3 Å². The first-order valence-corrected chi connectivity index (χ1v) is 8.72. The minimum atomic E-state index is -3.65. The number of benzene rings is 1. The Hall–Kier alpha value is -1.82. The van der Waals surface area contributed by atoms with Crippen LogP contribution in [-0.4, -0.2) is 13.6 Å². The van der Waals surface area contributed by atoms with Gasteiger partial charge >= 0.3 is 0 Å². The summed E-state index contributed by atoms with van der Waals surface area (Å²) in [6, 6.07) is 6.93. The summed E-state index contributed by atoms with van der Waals surface area (Å²) < 4.78 is 32.6. The highest BCUT2D eigenvalue weighted by atomic mass is 32.2. The van der Waals surface area contributed by atoms with Crippen LogP contribution in [0, 0.1) is 6.92 Å². The molecule has 0 amide bonds. The maximum atomic E-state index is 12.5. The van der Waals surface area contributed by atoms with Crippen molar-refractivity contribution >= 4 is 15.7 Å². The van der Waals surface area contributed by atoms with Crippen molar-refractivity contribution < 1.29 is 12.9 Å². The van der Waals surface area contributed by atoms with E-state index in [4.69, 9.17) is 4.52 Å². The van der Waals surface area contributed by atoms with E-state index in [1.165, 1.54) is 0 Å². The number of aromatic nitrogens is 1. The summed E-state index contributed by atoms with van der Waals surface area (Å²) >= 11 is 0. The number of nitrogens with zero attached hydrogens (tertiary/aromatic N) is 1. The molecule has 2 rings (SSSR count). The third-order valence-corrected chi connectivity index (χ3v) is 4.90. The highest BCUT2D eigenvalue weighted by Crippen LogP contribution is 2.26. The van der Waals surface area contributed by atoms with Crippen molar-refractivity contribution in [2.45, 2.75) is 51.3 Å². The molecule has 0 saturated carbocycles. The van der Waals surface area contributed by atoms with Crippen LogP contribution in [0.2, 0.25) is 0 Å². The number of rotatable bonds is 4. The summed E-state index contributed by atoms with van der Waals surface area (Å²) in [7, 11) is -3.65. The van der Waals surface area contributed by atoms with E-state index in [-0.39, 0.29) is 10.3 Å². The molecule has 0 unspecified atom stereocenters. The molecule has 0 saturated heterocycles. The standard InChI is InChI=1S/C16H22N2O3S/c1-6-14-15(11(2)21-17-14)18-22(19,20)13-9-7-12(8-10-13)16(3,4)5/h7-10,18H,6H2,1-5H3. The fourth-order valence-corrected chi connectivity index (χ4v) is 3.26. The molecule has 5 nitrogen and oxygen atoms in total. The van der Waals surface area contributed by atoms with Crippen LogP contribution in [-0.2, 0) is 21.9 Å². The molecular formula is C16H22N2O3S. The van der Waals surface area contributed by atoms with Gasteiger partial charge in [0.1, 0.15) is 11.4 Å². The minimum absolute atomic E-state index is 0.0177. The first-order valence-electron chi connectivity index (χ1n) is 7.23. The summed E-state index contributed by atoms with van der Waals surface area (Å²) in [5.41, 5.74) is 2.10. The highest BCUT2D eigenvalue weighted by Gasteiger charge is 2.21. The van der Waals surface area contributed by atoms with Crippen LogP contribution in [0.5, 0.6) is 0 Å². The van der Waals surface area contributed by atoms with Gasteiger partial charge in [-0.05, 0) is 36.5 Å². The molecule has 0 aliphatic heterocycles. The van der Waals surface area contributed by atoms with Gasteiger partial charge in [-0.15, -0.1) is 0 Å². The molecule has 22 heavy (non-hydrogen) atoms. The van der Waals surface area contributed by atoms with E-state index in [0.717, 1.165) is 5.56 Å². The Morgan fingerprint density at radius 2 is 1.77 bits per heavy atom. The van der Waals surface area contributed by atoms with Gasteiger partial charge in [-0.3, -0.25) is 4.72 Å². The van der Waals surface area contributed by atoms with Crippen LogP contribution in [0.4, 0.5) is 5.69 Å². The molecule has 0 bridgehead atoms. The summed E-state index contributed by atoms with van der Waals surface area (Å²) in [5, 5.41) is 3.86. The zero-order valence-corrected chi connectivity index (χ0v) is 14.4. The lowest BCUT2D eigenvalue weighted by atomic mass is 9.87. The van der Waals surface area contributed by atoms with Gasteiger partial charge in [0.2, 0.25) is 0 Å². The Morgan fingerprint density at radius 1 is 1.18 bits per heavy atom. The molecule has 0 atom stereocenters. The normalized spacial score (nSPS) is 12.4. The van der Waals surface area contributed by atoms with E-state index in [1.54, 1.807) is 19.1 Å². The number of sulfonamides is 1. The van der Waals surface area contributed by atoms with Gasteiger partial charge < -0.3 is 4.52 Å². The predicted molar refractivity (Wildman–Crippen MR) is 86.6 cm³/mol. The topological polar surface area (TPSA) is 72.2 Å². The maximum Gasteiger partial charge on any atom is 0.262 e. The van der Waals surface area contributed by atoms with Crippen molar-refractivity contribution in [3.8, 4) is 0 Å². The highest BCUT2D eigenvalue weighted by molar-refractivity contribution is 7.92. The molecule has 1 heterocycles. The molecule has 6 heteroatoms. The van der Waals surface area contributed by atoms with Crippen molar-refractivity contribution in [1.29, 1.82) is 0 Å². The summed E-state index contributed by atoms with van der Waals surface area (Å²) in [6.45, 7) is 9.84. The molecule has 0 aliphatic carbocycles. The lowest BCUT2D eigenvalue weighted by Gasteiger charge is -2.19. The number of anilines is 1. The fourth-order valence-electron chi connectivity index (χ4n) is 2.12. The second-order valence-electron chi connectivity index (χ2n) is 6.29.